The van der Waals surface area contributed by atoms with Gasteiger partial charge < -0.3 is 18.9 Å². The molecule has 502 valence electrons. The lowest BCUT2D eigenvalue weighted by Gasteiger charge is -2.24. The Hall–Kier alpha value is -3.33. The molecule has 10 heteroatoms. The Balaban J connectivity index is 4.09. The predicted molar refractivity (Wildman–Crippen MR) is 376 cm³/mol. The molecule has 0 aliphatic carbocycles. The molecule has 0 saturated heterocycles. The van der Waals surface area contributed by atoms with Gasteiger partial charge in [0.2, 0.25) is 0 Å². The molecule has 0 aromatic heterocycles. The van der Waals surface area contributed by atoms with Gasteiger partial charge in [-0.25, -0.2) is 4.57 Å². The van der Waals surface area contributed by atoms with Crippen molar-refractivity contribution in [3.05, 3.63) is 109 Å². The number of rotatable bonds is 66. The molecule has 0 saturated carbocycles. The maximum atomic E-state index is 12.9. The van der Waals surface area contributed by atoms with E-state index >= 15 is 0 Å². The monoisotopic (exact) mass is 1240 g/mol. The van der Waals surface area contributed by atoms with Crippen LogP contribution in [-0.4, -0.2) is 74.9 Å². The van der Waals surface area contributed by atoms with Gasteiger partial charge in [0.25, 0.3) is 0 Å². The summed E-state index contributed by atoms with van der Waals surface area (Å²) < 4.78 is 34.7. The molecule has 1 N–H and O–H groups in total. The third kappa shape index (κ3) is 71.6. The molecule has 87 heavy (non-hydrogen) atoms. The average molecular weight is 1240 g/mol. The van der Waals surface area contributed by atoms with Gasteiger partial charge in [0.15, 0.2) is 6.10 Å². The van der Waals surface area contributed by atoms with Crippen LogP contribution in [0, 0.1) is 0 Å². The molecule has 0 radical (unpaired) electrons. The topological polar surface area (TPSA) is 108 Å². The zero-order valence-corrected chi connectivity index (χ0v) is 58.1. The number of esters is 2. The van der Waals surface area contributed by atoms with Crippen molar-refractivity contribution < 1.29 is 42.1 Å². The first-order chi connectivity index (χ1) is 42.5. The van der Waals surface area contributed by atoms with Crippen molar-refractivity contribution in [2.75, 3.05) is 47.5 Å². The largest absolute Gasteiger partial charge is 0.472 e. The summed E-state index contributed by atoms with van der Waals surface area (Å²) in [5.41, 5.74) is 0. The van der Waals surface area contributed by atoms with Gasteiger partial charge in [-0.05, 0) is 83.5 Å². The minimum atomic E-state index is -4.40. The lowest BCUT2D eigenvalue weighted by Crippen LogP contribution is -2.37. The summed E-state index contributed by atoms with van der Waals surface area (Å²) in [4.78, 5) is 35.9. The maximum Gasteiger partial charge on any atom is 0.472 e. The van der Waals surface area contributed by atoms with Crippen molar-refractivity contribution in [2.24, 2.45) is 0 Å². The van der Waals surface area contributed by atoms with Crippen LogP contribution in [0.5, 0.6) is 0 Å². The Morgan fingerprint density at radius 3 is 0.977 bits per heavy atom. The molecule has 0 heterocycles. The Bertz CT molecular complexity index is 1840. The molecule has 0 bridgehead atoms. The highest BCUT2D eigenvalue weighted by Gasteiger charge is 2.27. The molecule has 0 fully saturated rings. The van der Waals surface area contributed by atoms with Gasteiger partial charge in [-0.3, -0.25) is 18.6 Å². The van der Waals surface area contributed by atoms with Crippen molar-refractivity contribution in [1.82, 2.24) is 0 Å². The second-order valence-corrected chi connectivity index (χ2v) is 26.7. The predicted octanol–water partition coefficient (Wildman–Crippen LogP) is 23.7. The first-order valence-electron chi connectivity index (χ1n) is 36.1. The van der Waals surface area contributed by atoms with Gasteiger partial charge in [-0.2, -0.15) is 0 Å². The Labute approximate surface area is 537 Å². The minimum absolute atomic E-state index is 0.0258. The summed E-state index contributed by atoms with van der Waals surface area (Å²) in [6.07, 6.45) is 94.8. The normalized spacial score (nSPS) is 13.8. The van der Waals surface area contributed by atoms with Gasteiger partial charge in [-0.1, -0.05) is 329 Å². The van der Waals surface area contributed by atoms with E-state index in [1.54, 1.807) is 0 Å². The SMILES string of the molecule is CC/C=C\C/C=C\C/C=C\C/C=C\C/C=C\C/C=C\C/C=C\C/C=C\C/C=C\CCCCCCCCCC(=O)OC(COC(=O)CCCCCCCCCCCCCCCCCCCCCCCCCCCCCC)COP(=O)(O)OCC[N+](C)(C)C. The number of quaternary nitrogens is 1. The number of hydrogen-bond donors (Lipinski definition) is 1. The van der Waals surface area contributed by atoms with Crippen molar-refractivity contribution in [3.63, 3.8) is 0 Å². The van der Waals surface area contributed by atoms with E-state index in [1.807, 2.05) is 21.1 Å². The number of carbonyl (C=O) groups excluding carboxylic acids is 2. The van der Waals surface area contributed by atoms with Crippen molar-refractivity contribution in [2.45, 2.75) is 322 Å². The van der Waals surface area contributed by atoms with Gasteiger partial charge in [-0.15, -0.1) is 0 Å². The standard InChI is InChI=1S/C77H136NO8P/c1-6-8-10-12-14-16-18-20-22-24-26-28-30-32-34-36-37-38-39-40-41-42-44-46-48-50-52-54-56-58-60-62-64-66-68-70-77(80)86-75(74-85-87(81,82)84-72-71-78(3,4)5)73-83-76(79)69-67-65-63-61-59-57-55-53-51-49-47-45-43-35-33-31-29-27-25-23-21-19-17-15-13-11-9-7-2/h8,10,14,16,20,22,26,28,32,34,37-38,40-41,44,46,50,52,75H,6-7,9,11-13,15,17-19,21,23-25,27,29-31,33,35-36,39,42-43,45,47-49,51,53-74H2,1-5H3/p+1/b10-8-,16-14-,22-20-,28-26-,34-32-,38-37-,41-40-,46-44-,52-50-. The number of allylic oxidation sites excluding steroid dienone is 18. The summed E-state index contributed by atoms with van der Waals surface area (Å²) >= 11 is 0. The van der Waals surface area contributed by atoms with Crippen molar-refractivity contribution in [3.8, 4) is 0 Å². The number of nitrogens with zero attached hydrogens (tertiary/aromatic N) is 1. The number of hydrogen-bond acceptors (Lipinski definition) is 7. The van der Waals surface area contributed by atoms with E-state index < -0.39 is 26.5 Å². The van der Waals surface area contributed by atoms with Gasteiger partial charge >= 0.3 is 19.8 Å². The second-order valence-electron chi connectivity index (χ2n) is 25.3. The zero-order chi connectivity index (χ0) is 63.4. The molecule has 0 aliphatic heterocycles. The molecule has 0 aromatic rings. The molecular formula is C77H137NO8P+. The van der Waals surface area contributed by atoms with Crippen LogP contribution in [0.15, 0.2) is 109 Å². The van der Waals surface area contributed by atoms with Crippen molar-refractivity contribution in [1.29, 1.82) is 0 Å². The summed E-state index contributed by atoms with van der Waals surface area (Å²) in [6, 6.07) is 0. The van der Waals surface area contributed by atoms with Crippen LogP contribution in [0.1, 0.15) is 316 Å². The van der Waals surface area contributed by atoms with E-state index in [2.05, 4.69) is 123 Å². The quantitative estimate of drug-likeness (QED) is 0.0211. The number of phosphoric ester groups is 1. The first kappa shape index (κ1) is 83.7. The lowest BCUT2D eigenvalue weighted by atomic mass is 10.0. The number of carbonyl (C=O) groups is 2. The average Bonchev–Trinajstić information content (AvgIpc) is 3.67. The summed E-state index contributed by atoms with van der Waals surface area (Å²) in [5, 5.41) is 0. The highest BCUT2D eigenvalue weighted by atomic mass is 31.2. The van der Waals surface area contributed by atoms with Crippen LogP contribution in [0.2, 0.25) is 0 Å². The van der Waals surface area contributed by atoms with E-state index in [1.165, 1.54) is 180 Å². The zero-order valence-electron chi connectivity index (χ0n) is 57.2. The fourth-order valence-electron chi connectivity index (χ4n) is 10.1. The number of unbranched alkanes of at least 4 members (excludes halogenated alkanes) is 34. The molecular weight excluding hydrogens is 1100 g/mol. The van der Waals surface area contributed by atoms with Crippen LogP contribution < -0.4 is 0 Å². The summed E-state index contributed by atoms with van der Waals surface area (Å²) in [6.45, 7) is 4.34. The number of ether oxygens (including phenoxy) is 2. The molecule has 0 rings (SSSR count). The van der Waals surface area contributed by atoms with Crippen LogP contribution in [-0.2, 0) is 32.7 Å². The van der Waals surface area contributed by atoms with Crippen molar-refractivity contribution >= 4 is 19.8 Å². The van der Waals surface area contributed by atoms with E-state index in [9.17, 15) is 19.0 Å². The van der Waals surface area contributed by atoms with Gasteiger partial charge in [0.1, 0.15) is 19.8 Å². The summed E-state index contributed by atoms with van der Waals surface area (Å²) in [5.74, 6) is -0.803. The van der Waals surface area contributed by atoms with Gasteiger partial charge in [0, 0.05) is 12.8 Å². The maximum absolute atomic E-state index is 12.9. The minimum Gasteiger partial charge on any atom is -0.462 e. The summed E-state index contributed by atoms with van der Waals surface area (Å²) in [7, 11) is 1.47. The Morgan fingerprint density at radius 2 is 0.655 bits per heavy atom. The Morgan fingerprint density at radius 1 is 0.368 bits per heavy atom. The Kier molecular flexibility index (Phi) is 64.5. The highest BCUT2D eigenvalue weighted by molar-refractivity contribution is 7.47. The first-order valence-corrected chi connectivity index (χ1v) is 37.6. The molecule has 0 spiro atoms. The molecule has 2 atom stereocenters. The van der Waals surface area contributed by atoms with E-state index in [-0.39, 0.29) is 32.0 Å². The molecule has 0 amide bonds. The van der Waals surface area contributed by atoms with Gasteiger partial charge in [0.05, 0.1) is 27.7 Å². The fraction of sp³-hybridized carbons (Fsp3) is 0.740. The highest BCUT2D eigenvalue weighted by Crippen LogP contribution is 2.43. The second kappa shape index (κ2) is 67.1. The van der Waals surface area contributed by atoms with Crippen LogP contribution in [0.25, 0.3) is 0 Å². The number of phosphoric acid groups is 1. The number of likely N-dealkylation sites (N-methyl/N-ethyl adjacent to an activating group) is 1. The van der Waals surface area contributed by atoms with Crippen LogP contribution >= 0.6 is 7.82 Å². The smallest absolute Gasteiger partial charge is 0.462 e. The third-order valence-electron chi connectivity index (χ3n) is 15.6. The molecule has 0 aromatic carbocycles. The van der Waals surface area contributed by atoms with E-state index in [0.29, 0.717) is 17.4 Å². The van der Waals surface area contributed by atoms with Crippen LogP contribution in [0.4, 0.5) is 0 Å². The lowest BCUT2D eigenvalue weighted by molar-refractivity contribution is -0.870. The van der Waals surface area contributed by atoms with E-state index in [4.69, 9.17) is 18.5 Å². The fourth-order valence-corrected chi connectivity index (χ4v) is 10.8. The molecule has 2 unspecified atom stereocenters. The molecule has 9 nitrogen and oxygen atoms in total. The van der Waals surface area contributed by atoms with Crippen LogP contribution in [0.3, 0.4) is 0 Å². The third-order valence-corrected chi connectivity index (χ3v) is 16.6. The molecule has 0 aliphatic rings. The van der Waals surface area contributed by atoms with E-state index in [0.717, 1.165) is 103 Å².